The summed E-state index contributed by atoms with van der Waals surface area (Å²) in [6.45, 7) is 6.00. The summed E-state index contributed by atoms with van der Waals surface area (Å²) in [4.78, 5) is 56.7. The zero-order chi connectivity index (χ0) is 31.1. The number of aromatic nitrogens is 2. The Balaban J connectivity index is 1.21. The van der Waals surface area contributed by atoms with Crippen LogP contribution in [0.4, 0.5) is 5.69 Å². The first-order valence-electron chi connectivity index (χ1n) is 16.3. The molecule has 2 atom stereocenters. The molecule has 2 unspecified atom stereocenters. The molecule has 2 saturated carbocycles. The van der Waals surface area contributed by atoms with Crippen molar-refractivity contribution in [3.63, 3.8) is 0 Å². The highest BCUT2D eigenvalue weighted by Crippen LogP contribution is 2.30. The number of rotatable bonds is 12. The molecule has 0 bridgehead atoms. The lowest BCUT2D eigenvalue weighted by Crippen LogP contribution is -2.55. The van der Waals surface area contributed by atoms with Crippen LogP contribution >= 0.6 is 0 Å². The van der Waals surface area contributed by atoms with Gasteiger partial charge in [-0.25, -0.2) is 0 Å². The zero-order valence-electron chi connectivity index (χ0n) is 26.1. The molecular weight excluding hydrogens is 558 g/mol. The van der Waals surface area contributed by atoms with E-state index in [0.29, 0.717) is 37.3 Å². The van der Waals surface area contributed by atoms with Gasteiger partial charge in [-0.15, -0.1) is 0 Å². The quantitative estimate of drug-likeness (QED) is 0.341. The minimum atomic E-state index is -0.659. The van der Waals surface area contributed by atoms with E-state index in [1.165, 1.54) is 17.5 Å². The molecule has 1 aromatic heterocycles. The number of nitrogens with one attached hydrogen (secondary N) is 3. The van der Waals surface area contributed by atoms with Gasteiger partial charge in [-0.2, -0.15) is 5.10 Å². The predicted molar refractivity (Wildman–Crippen MR) is 168 cm³/mol. The summed E-state index contributed by atoms with van der Waals surface area (Å²) in [5, 5.41) is 13.0. The van der Waals surface area contributed by atoms with Crippen LogP contribution in [0.2, 0.25) is 0 Å². The number of nitrogens with zero attached hydrogens (tertiary/aromatic N) is 4. The SMILES string of the molecule is CCC(=O)NC(Cc1ccc(NC(=O)C(NC(=O)c2ccnn2C)C2CCCCC2)cc1)C(=O)N1CCN(CC2CC2)CC1. The van der Waals surface area contributed by atoms with Crippen LogP contribution < -0.4 is 16.0 Å². The summed E-state index contributed by atoms with van der Waals surface area (Å²) >= 11 is 0. The number of anilines is 1. The third-order valence-corrected chi connectivity index (χ3v) is 9.26. The van der Waals surface area contributed by atoms with Gasteiger partial charge in [-0.3, -0.25) is 28.8 Å². The monoisotopic (exact) mass is 605 g/mol. The largest absolute Gasteiger partial charge is 0.344 e. The maximum absolute atomic E-state index is 13.5. The highest BCUT2D eigenvalue weighted by atomic mass is 16.2. The second-order valence-electron chi connectivity index (χ2n) is 12.6. The average Bonchev–Trinajstić information content (AvgIpc) is 3.76. The van der Waals surface area contributed by atoms with Gasteiger partial charge in [0, 0.05) is 64.5 Å². The predicted octanol–water partition coefficient (Wildman–Crippen LogP) is 2.73. The van der Waals surface area contributed by atoms with E-state index in [4.69, 9.17) is 0 Å². The van der Waals surface area contributed by atoms with E-state index < -0.39 is 12.1 Å². The lowest BCUT2D eigenvalue weighted by atomic mass is 9.83. The Labute approximate surface area is 260 Å². The lowest BCUT2D eigenvalue weighted by Gasteiger charge is -2.36. The van der Waals surface area contributed by atoms with Crippen LogP contribution in [0.5, 0.6) is 0 Å². The Morgan fingerprint density at radius 2 is 1.61 bits per heavy atom. The van der Waals surface area contributed by atoms with Crippen molar-refractivity contribution in [2.24, 2.45) is 18.9 Å². The topological polar surface area (TPSA) is 129 Å². The Kier molecular flexibility index (Phi) is 10.7. The second-order valence-corrected chi connectivity index (χ2v) is 12.6. The highest BCUT2D eigenvalue weighted by molar-refractivity contribution is 6.00. The normalized spacial score (nSPS) is 19.2. The first kappa shape index (κ1) is 31.7. The third kappa shape index (κ3) is 8.46. The summed E-state index contributed by atoms with van der Waals surface area (Å²) in [6.07, 6.45) is 9.86. The number of amides is 4. The molecule has 44 heavy (non-hydrogen) atoms. The standard InChI is InChI=1S/C33H47N7O4/c1-3-29(41)36-27(33(44)40-19-17-39(18-20-40)22-24-9-10-24)21-23-11-13-26(14-12-23)35-32(43)30(25-7-5-4-6-8-25)37-31(42)28-15-16-34-38(28)2/h11-16,24-25,27,30H,3-10,17-22H2,1-2H3,(H,35,43)(H,36,41)(H,37,42). The van der Waals surface area contributed by atoms with Crippen molar-refractivity contribution < 1.29 is 19.2 Å². The van der Waals surface area contributed by atoms with Crippen LogP contribution in [0.3, 0.4) is 0 Å². The molecule has 2 aliphatic carbocycles. The van der Waals surface area contributed by atoms with E-state index in [2.05, 4.69) is 25.9 Å². The molecule has 238 valence electrons. The van der Waals surface area contributed by atoms with Crippen molar-refractivity contribution in [2.75, 3.05) is 38.0 Å². The maximum atomic E-state index is 13.5. The molecule has 1 saturated heterocycles. The van der Waals surface area contributed by atoms with Crippen LogP contribution in [0.1, 0.15) is 74.3 Å². The lowest BCUT2D eigenvalue weighted by molar-refractivity contribution is -0.137. The maximum Gasteiger partial charge on any atom is 0.270 e. The van der Waals surface area contributed by atoms with Crippen molar-refractivity contribution in [1.82, 2.24) is 30.2 Å². The fourth-order valence-electron chi connectivity index (χ4n) is 6.39. The number of hydrogen-bond donors (Lipinski definition) is 3. The van der Waals surface area contributed by atoms with Crippen molar-refractivity contribution in [1.29, 1.82) is 0 Å². The number of aryl methyl sites for hydroxylation is 1. The molecule has 0 spiro atoms. The number of carbonyl (C=O) groups excluding carboxylic acids is 4. The fraction of sp³-hybridized carbons (Fsp3) is 0.606. The van der Waals surface area contributed by atoms with E-state index in [0.717, 1.165) is 63.2 Å². The summed E-state index contributed by atoms with van der Waals surface area (Å²) in [5.41, 5.74) is 1.91. The van der Waals surface area contributed by atoms with E-state index >= 15 is 0 Å². The minimum Gasteiger partial charge on any atom is -0.344 e. The molecular formula is C33H47N7O4. The van der Waals surface area contributed by atoms with Crippen molar-refractivity contribution in [2.45, 2.75) is 76.8 Å². The van der Waals surface area contributed by atoms with Crippen LogP contribution in [0.25, 0.3) is 0 Å². The van der Waals surface area contributed by atoms with Crippen LogP contribution in [-0.2, 0) is 27.9 Å². The third-order valence-electron chi connectivity index (χ3n) is 9.26. The van der Waals surface area contributed by atoms with E-state index in [9.17, 15) is 19.2 Å². The second kappa shape index (κ2) is 14.8. The van der Waals surface area contributed by atoms with Crippen LogP contribution in [-0.4, -0.2) is 88.0 Å². The zero-order valence-corrected chi connectivity index (χ0v) is 26.1. The molecule has 5 rings (SSSR count). The first-order chi connectivity index (χ1) is 21.3. The average molecular weight is 606 g/mol. The molecule has 2 heterocycles. The molecule has 3 fully saturated rings. The summed E-state index contributed by atoms with van der Waals surface area (Å²) in [6, 6.07) is 7.72. The van der Waals surface area contributed by atoms with Gasteiger partial charge >= 0.3 is 0 Å². The molecule has 0 radical (unpaired) electrons. The van der Waals surface area contributed by atoms with E-state index in [1.54, 1.807) is 26.2 Å². The Bertz CT molecular complexity index is 1290. The van der Waals surface area contributed by atoms with Gasteiger partial charge in [-0.05, 0) is 61.3 Å². The fourth-order valence-corrected chi connectivity index (χ4v) is 6.39. The highest BCUT2D eigenvalue weighted by Gasteiger charge is 2.33. The Morgan fingerprint density at radius 1 is 0.909 bits per heavy atom. The molecule has 3 aliphatic rings. The van der Waals surface area contributed by atoms with Gasteiger partial charge in [0.25, 0.3) is 5.91 Å². The Morgan fingerprint density at radius 3 is 2.23 bits per heavy atom. The smallest absolute Gasteiger partial charge is 0.270 e. The van der Waals surface area contributed by atoms with Gasteiger partial charge in [0.05, 0.1) is 0 Å². The number of hydrogen-bond acceptors (Lipinski definition) is 6. The van der Waals surface area contributed by atoms with Gasteiger partial charge < -0.3 is 20.9 Å². The molecule has 11 nitrogen and oxygen atoms in total. The summed E-state index contributed by atoms with van der Waals surface area (Å²) in [7, 11) is 1.70. The molecule has 2 aromatic rings. The Hall–Kier alpha value is -3.73. The number of benzene rings is 1. The molecule has 4 amide bonds. The van der Waals surface area contributed by atoms with E-state index in [1.807, 2.05) is 29.2 Å². The van der Waals surface area contributed by atoms with Gasteiger partial charge in [-0.1, -0.05) is 38.3 Å². The first-order valence-corrected chi connectivity index (χ1v) is 16.3. The van der Waals surface area contributed by atoms with Crippen molar-refractivity contribution in [3.05, 3.63) is 47.8 Å². The number of piperazine rings is 1. The van der Waals surface area contributed by atoms with Crippen LogP contribution in [0.15, 0.2) is 36.5 Å². The van der Waals surface area contributed by atoms with E-state index in [-0.39, 0.29) is 29.5 Å². The van der Waals surface area contributed by atoms with Crippen molar-refractivity contribution >= 4 is 29.3 Å². The van der Waals surface area contributed by atoms with Gasteiger partial charge in [0.15, 0.2) is 0 Å². The summed E-state index contributed by atoms with van der Waals surface area (Å²) in [5.74, 6) is 0.121. The van der Waals surface area contributed by atoms with Gasteiger partial charge in [0.1, 0.15) is 17.8 Å². The van der Waals surface area contributed by atoms with Gasteiger partial charge in [0.2, 0.25) is 17.7 Å². The number of carbonyl (C=O) groups is 4. The molecule has 3 N–H and O–H groups in total. The van der Waals surface area contributed by atoms with Crippen molar-refractivity contribution in [3.8, 4) is 0 Å². The summed E-state index contributed by atoms with van der Waals surface area (Å²) < 4.78 is 1.50. The molecule has 11 heteroatoms. The van der Waals surface area contributed by atoms with Crippen LogP contribution in [0, 0.1) is 11.8 Å². The molecule has 1 aromatic carbocycles. The molecule has 1 aliphatic heterocycles. The minimum absolute atomic E-state index is 0.0465.